The van der Waals surface area contributed by atoms with Crippen molar-refractivity contribution < 1.29 is 14.5 Å². The molecule has 8 nitrogen and oxygen atoms in total. The molecule has 1 aliphatic rings. The number of carbonyl (C=O) groups excluding carboxylic acids is 2. The smallest absolute Gasteiger partial charge is 0.271 e. The van der Waals surface area contributed by atoms with Crippen molar-refractivity contribution in [2.24, 2.45) is 0 Å². The first kappa shape index (κ1) is 19.6. The summed E-state index contributed by atoms with van der Waals surface area (Å²) in [4.78, 5) is 36.0. The van der Waals surface area contributed by atoms with Gasteiger partial charge in [0, 0.05) is 37.0 Å². The molecule has 0 spiro atoms. The number of non-ortho nitro benzene ring substituents is 1. The Morgan fingerprint density at radius 2 is 2.00 bits per heavy atom. The number of fused-ring (bicyclic) bond motifs is 1. The first-order valence-electron chi connectivity index (χ1n) is 8.68. The van der Waals surface area contributed by atoms with Crippen LogP contribution in [0.3, 0.4) is 0 Å². The highest BCUT2D eigenvalue weighted by atomic mass is 35.5. The number of hydrogen-bond donors (Lipinski definition) is 2. The SMILES string of the molecule is CC(=O)N1CCc2cc(NC(C)C(=O)Nc3ccc([N+](=O)[O-])cc3Cl)ccc21. The topological polar surface area (TPSA) is 105 Å². The van der Waals surface area contributed by atoms with Gasteiger partial charge in [0.25, 0.3) is 5.69 Å². The summed E-state index contributed by atoms with van der Waals surface area (Å²) in [5.74, 6) is -0.325. The second-order valence-electron chi connectivity index (χ2n) is 6.54. The van der Waals surface area contributed by atoms with E-state index in [4.69, 9.17) is 11.6 Å². The number of nitrogens with one attached hydrogen (secondary N) is 2. The molecule has 2 aromatic carbocycles. The van der Waals surface area contributed by atoms with Crippen LogP contribution in [-0.4, -0.2) is 29.3 Å². The van der Waals surface area contributed by atoms with Crippen LogP contribution in [0.1, 0.15) is 19.4 Å². The molecule has 146 valence electrons. The molecule has 1 unspecified atom stereocenters. The van der Waals surface area contributed by atoms with Gasteiger partial charge in [0.2, 0.25) is 11.8 Å². The van der Waals surface area contributed by atoms with Crippen LogP contribution in [0.15, 0.2) is 36.4 Å². The lowest BCUT2D eigenvalue weighted by Crippen LogP contribution is -2.32. The number of hydrogen-bond acceptors (Lipinski definition) is 5. The minimum Gasteiger partial charge on any atom is -0.374 e. The van der Waals surface area contributed by atoms with Crippen molar-refractivity contribution in [1.29, 1.82) is 0 Å². The number of benzene rings is 2. The molecule has 0 radical (unpaired) electrons. The van der Waals surface area contributed by atoms with Gasteiger partial charge < -0.3 is 15.5 Å². The zero-order chi connectivity index (χ0) is 20.4. The van der Waals surface area contributed by atoms with E-state index in [0.717, 1.165) is 23.4 Å². The van der Waals surface area contributed by atoms with Crippen molar-refractivity contribution in [3.8, 4) is 0 Å². The molecule has 0 saturated heterocycles. The maximum absolute atomic E-state index is 12.4. The van der Waals surface area contributed by atoms with E-state index in [2.05, 4.69) is 10.6 Å². The fourth-order valence-electron chi connectivity index (χ4n) is 3.09. The molecular formula is C19H19ClN4O4. The second kappa shape index (κ2) is 7.85. The largest absolute Gasteiger partial charge is 0.374 e. The van der Waals surface area contributed by atoms with Crippen molar-refractivity contribution in [1.82, 2.24) is 0 Å². The Labute approximate surface area is 166 Å². The summed E-state index contributed by atoms with van der Waals surface area (Å²) in [6.45, 7) is 3.89. The van der Waals surface area contributed by atoms with E-state index in [-0.39, 0.29) is 22.5 Å². The number of nitrogens with zero attached hydrogens (tertiary/aromatic N) is 2. The summed E-state index contributed by atoms with van der Waals surface area (Å²) < 4.78 is 0. The normalized spacial score (nSPS) is 13.6. The number of nitro benzene ring substituents is 1. The molecule has 2 amide bonds. The van der Waals surface area contributed by atoms with Crippen LogP contribution in [0.25, 0.3) is 0 Å². The lowest BCUT2D eigenvalue weighted by Gasteiger charge is -2.18. The van der Waals surface area contributed by atoms with Gasteiger partial charge >= 0.3 is 0 Å². The van der Waals surface area contributed by atoms with E-state index < -0.39 is 11.0 Å². The molecule has 0 saturated carbocycles. The summed E-state index contributed by atoms with van der Waals surface area (Å²) in [5, 5.41) is 16.6. The Kier molecular flexibility index (Phi) is 5.51. The Morgan fingerprint density at radius 3 is 2.64 bits per heavy atom. The molecule has 1 aliphatic heterocycles. The van der Waals surface area contributed by atoms with Crippen LogP contribution in [0.4, 0.5) is 22.7 Å². The zero-order valence-corrected chi connectivity index (χ0v) is 16.1. The molecule has 0 fully saturated rings. The third-order valence-electron chi connectivity index (χ3n) is 4.55. The quantitative estimate of drug-likeness (QED) is 0.587. The maximum atomic E-state index is 12.4. The van der Waals surface area contributed by atoms with E-state index in [0.29, 0.717) is 12.2 Å². The van der Waals surface area contributed by atoms with Crippen LogP contribution in [0, 0.1) is 10.1 Å². The molecule has 3 rings (SSSR count). The van der Waals surface area contributed by atoms with E-state index in [1.807, 2.05) is 18.2 Å². The zero-order valence-electron chi connectivity index (χ0n) is 15.4. The van der Waals surface area contributed by atoms with Gasteiger partial charge in [-0.25, -0.2) is 0 Å². The highest BCUT2D eigenvalue weighted by molar-refractivity contribution is 6.34. The Morgan fingerprint density at radius 1 is 1.25 bits per heavy atom. The van der Waals surface area contributed by atoms with Gasteiger partial charge in [-0.1, -0.05) is 11.6 Å². The van der Waals surface area contributed by atoms with Crippen molar-refractivity contribution in [3.63, 3.8) is 0 Å². The molecule has 2 N–H and O–H groups in total. The minimum absolute atomic E-state index is 0.00665. The van der Waals surface area contributed by atoms with Crippen LogP contribution in [0.2, 0.25) is 5.02 Å². The first-order valence-corrected chi connectivity index (χ1v) is 9.06. The van der Waals surface area contributed by atoms with Gasteiger partial charge in [-0.15, -0.1) is 0 Å². The molecule has 2 aromatic rings. The van der Waals surface area contributed by atoms with E-state index in [9.17, 15) is 19.7 Å². The number of anilines is 3. The number of rotatable bonds is 5. The Bertz CT molecular complexity index is 963. The van der Waals surface area contributed by atoms with Crippen molar-refractivity contribution in [2.45, 2.75) is 26.3 Å². The number of nitro groups is 1. The molecule has 1 atom stereocenters. The Hall–Kier alpha value is -3.13. The summed E-state index contributed by atoms with van der Waals surface area (Å²) in [5.41, 5.74) is 2.87. The third kappa shape index (κ3) is 4.07. The summed E-state index contributed by atoms with van der Waals surface area (Å²) in [7, 11) is 0. The summed E-state index contributed by atoms with van der Waals surface area (Å²) >= 11 is 6.01. The van der Waals surface area contributed by atoms with E-state index in [1.165, 1.54) is 25.1 Å². The highest BCUT2D eigenvalue weighted by Gasteiger charge is 2.23. The predicted molar refractivity (Wildman–Crippen MR) is 108 cm³/mol. The van der Waals surface area contributed by atoms with Gasteiger partial charge in [-0.3, -0.25) is 19.7 Å². The lowest BCUT2D eigenvalue weighted by molar-refractivity contribution is -0.384. The van der Waals surface area contributed by atoms with E-state index >= 15 is 0 Å². The summed E-state index contributed by atoms with van der Waals surface area (Å²) in [6.07, 6.45) is 0.767. The van der Waals surface area contributed by atoms with Crippen molar-refractivity contribution in [3.05, 3.63) is 57.1 Å². The van der Waals surface area contributed by atoms with Gasteiger partial charge in [-0.2, -0.15) is 0 Å². The van der Waals surface area contributed by atoms with Crippen molar-refractivity contribution in [2.75, 3.05) is 22.1 Å². The Balaban J connectivity index is 1.67. The van der Waals surface area contributed by atoms with Gasteiger partial charge in [0.05, 0.1) is 15.6 Å². The number of carbonyl (C=O) groups is 2. The van der Waals surface area contributed by atoms with Crippen LogP contribution < -0.4 is 15.5 Å². The predicted octanol–water partition coefficient (Wildman–Crippen LogP) is 3.60. The highest BCUT2D eigenvalue weighted by Crippen LogP contribution is 2.31. The molecule has 28 heavy (non-hydrogen) atoms. The minimum atomic E-state index is -0.574. The van der Waals surface area contributed by atoms with Gasteiger partial charge in [-0.05, 0) is 43.2 Å². The standard InChI is InChI=1S/C19H19ClN4O4/c1-11(19(26)22-17-5-4-15(24(27)28)10-16(17)20)21-14-3-6-18-13(9-14)7-8-23(18)12(2)25/h3-6,9-11,21H,7-8H2,1-2H3,(H,22,26). The number of halogens is 1. The first-order chi connectivity index (χ1) is 13.3. The fourth-order valence-corrected chi connectivity index (χ4v) is 3.32. The molecule has 0 aliphatic carbocycles. The number of amides is 2. The van der Waals surface area contributed by atoms with Crippen LogP contribution in [-0.2, 0) is 16.0 Å². The molecule has 0 bridgehead atoms. The van der Waals surface area contributed by atoms with Gasteiger partial charge in [0.1, 0.15) is 6.04 Å². The van der Waals surface area contributed by atoms with Crippen molar-refractivity contribution >= 4 is 46.2 Å². The maximum Gasteiger partial charge on any atom is 0.271 e. The average molecular weight is 403 g/mol. The summed E-state index contributed by atoms with van der Waals surface area (Å²) in [6, 6.07) is 8.91. The van der Waals surface area contributed by atoms with Crippen LogP contribution >= 0.6 is 11.6 Å². The molecule has 9 heteroatoms. The average Bonchev–Trinajstić information content (AvgIpc) is 3.06. The van der Waals surface area contributed by atoms with E-state index in [1.54, 1.807) is 11.8 Å². The second-order valence-corrected chi connectivity index (χ2v) is 6.95. The van der Waals surface area contributed by atoms with Crippen LogP contribution in [0.5, 0.6) is 0 Å². The van der Waals surface area contributed by atoms with Gasteiger partial charge in [0.15, 0.2) is 0 Å². The third-order valence-corrected chi connectivity index (χ3v) is 4.87. The molecule has 0 aromatic heterocycles. The molecule has 1 heterocycles. The lowest BCUT2D eigenvalue weighted by atomic mass is 10.1. The molecular weight excluding hydrogens is 384 g/mol. The monoisotopic (exact) mass is 402 g/mol. The fraction of sp³-hybridized carbons (Fsp3) is 0.263.